The van der Waals surface area contributed by atoms with Crippen LogP contribution in [0.2, 0.25) is 0 Å². The Morgan fingerprint density at radius 3 is 2.37 bits per heavy atom. The van der Waals surface area contributed by atoms with E-state index in [0.717, 1.165) is 12.1 Å². The summed E-state index contributed by atoms with van der Waals surface area (Å²) < 4.78 is 66.7. The largest absolute Gasteiger partial charge is 0.573 e. The molecular weight excluding hydrogens is 267 g/mol. The van der Waals surface area contributed by atoms with Crippen molar-refractivity contribution in [2.45, 2.75) is 6.36 Å². The second kappa shape index (κ2) is 4.87. The van der Waals surface area contributed by atoms with Crippen LogP contribution in [0.25, 0.3) is 11.1 Å². The third kappa shape index (κ3) is 3.21. The van der Waals surface area contributed by atoms with Gasteiger partial charge in [-0.1, -0.05) is 18.2 Å². The maximum absolute atomic E-state index is 13.5. The zero-order chi connectivity index (χ0) is 14.0. The summed E-state index contributed by atoms with van der Waals surface area (Å²) in [6.45, 7) is 0. The van der Waals surface area contributed by atoms with Crippen LogP contribution in [0.3, 0.4) is 0 Å². The summed E-state index contributed by atoms with van der Waals surface area (Å²) in [7, 11) is 0. The van der Waals surface area contributed by atoms with Gasteiger partial charge in [0.15, 0.2) is 0 Å². The van der Waals surface area contributed by atoms with E-state index in [1.807, 2.05) is 0 Å². The molecule has 0 fully saturated rings. The van der Waals surface area contributed by atoms with Crippen molar-refractivity contribution in [2.24, 2.45) is 0 Å². The molecule has 1 nitrogen and oxygen atoms in total. The Labute approximate surface area is 105 Å². The normalized spacial score (nSPS) is 11.4. The van der Waals surface area contributed by atoms with Gasteiger partial charge in [0.2, 0.25) is 0 Å². The number of hydrogen-bond donors (Lipinski definition) is 0. The molecule has 0 spiro atoms. The standard InChI is InChI=1S/C13H6F5O/c14-8-5-6-9(11(15)7-8)10-3-1-2-4-12(10)19-13(16,17)18/h1-5,7H. The van der Waals surface area contributed by atoms with E-state index in [4.69, 9.17) is 0 Å². The van der Waals surface area contributed by atoms with Crippen molar-refractivity contribution < 1.29 is 26.7 Å². The van der Waals surface area contributed by atoms with Gasteiger partial charge in [-0.2, -0.15) is 0 Å². The molecule has 0 aliphatic carbocycles. The SMILES string of the molecule is Fc1c[c]c(-c2ccccc2OC(F)(F)F)c(F)c1. The molecule has 0 N–H and O–H groups in total. The van der Waals surface area contributed by atoms with Gasteiger partial charge in [-0.25, -0.2) is 8.78 Å². The monoisotopic (exact) mass is 273 g/mol. The molecule has 0 amide bonds. The average molecular weight is 273 g/mol. The molecule has 0 bridgehead atoms. The third-order valence-corrected chi connectivity index (χ3v) is 2.24. The first-order valence-corrected chi connectivity index (χ1v) is 5.09. The fourth-order valence-electron chi connectivity index (χ4n) is 1.54. The predicted octanol–water partition coefficient (Wildman–Crippen LogP) is 4.33. The molecule has 1 radical (unpaired) electrons. The maximum Gasteiger partial charge on any atom is 0.573 e. The first-order chi connectivity index (χ1) is 8.87. The van der Waals surface area contributed by atoms with Gasteiger partial charge in [-0.3, -0.25) is 0 Å². The van der Waals surface area contributed by atoms with Crippen LogP contribution in [-0.2, 0) is 0 Å². The van der Waals surface area contributed by atoms with Crippen molar-refractivity contribution in [3.8, 4) is 16.9 Å². The van der Waals surface area contributed by atoms with Crippen molar-refractivity contribution in [3.63, 3.8) is 0 Å². The van der Waals surface area contributed by atoms with Crippen LogP contribution in [0.4, 0.5) is 22.0 Å². The summed E-state index contributed by atoms with van der Waals surface area (Å²) in [5.74, 6) is -2.45. The molecule has 0 aliphatic heterocycles. The Hall–Kier alpha value is -2.11. The Balaban J connectivity index is 2.50. The minimum Gasteiger partial charge on any atom is -0.405 e. The van der Waals surface area contributed by atoms with Crippen molar-refractivity contribution >= 4 is 0 Å². The molecule has 6 heteroatoms. The van der Waals surface area contributed by atoms with Gasteiger partial charge < -0.3 is 4.74 Å². The first kappa shape index (κ1) is 13.3. The smallest absolute Gasteiger partial charge is 0.405 e. The van der Waals surface area contributed by atoms with Crippen LogP contribution in [0, 0.1) is 17.7 Å². The number of rotatable bonds is 2. The summed E-state index contributed by atoms with van der Waals surface area (Å²) in [5, 5.41) is 0. The van der Waals surface area contributed by atoms with Crippen molar-refractivity contribution in [3.05, 3.63) is 54.1 Å². The molecule has 0 unspecified atom stereocenters. The lowest BCUT2D eigenvalue weighted by Crippen LogP contribution is -2.17. The highest BCUT2D eigenvalue weighted by atomic mass is 19.4. The molecule has 2 aromatic carbocycles. The Morgan fingerprint density at radius 2 is 1.74 bits per heavy atom. The molecule has 0 saturated heterocycles. The highest BCUT2D eigenvalue weighted by Crippen LogP contribution is 2.34. The van der Waals surface area contributed by atoms with Crippen LogP contribution in [0.1, 0.15) is 0 Å². The summed E-state index contributed by atoms with van der Waals surface area (Å²) in [6, 6.07) is 8.65. The summed E-state index contributed by atoms with van der Waals surface area (Å²) in [5.41, 5.74) is -0.446. The Bertz CT molecular complexity index is 592. The van der Waals surface area contributed by atoms with Gasteiger partial charge >= 0.3 is 6.36 Å². The van der Waals surface area contributed by atoms with Crippen molar-refractivity contribution in [1.82, 2.24) is 0 Å². The molecule has 2 aromatic rings. The van der Waals surface area contributed by atoms with Crippen LogP contribution < -0.4 is 4.74 Å². The van der Waals surface area contributed by atoms with E-state index in [1.165, 1.54) is 18.2 Å². The van der Waals surface area contributed by atoms with Gasteiger partial charge in [0.25, 0.3) is 0 Å². The topological polar surface area (TPSA) is 9.23 Å². The molecule has 2 rings (SSSR count). The maximum atomic E-state index is 13.5. The number of ether oxygens (including phenoxy) is 1. The van der Waals surface area contributed by atoms with E-state index < -0.39 is 23.7 Å². The molecule has 19 heavy (non-hydrogen) atoms. The van der Waals surface area contributed by atoms with Gasteiger partial charge in [-0.05, 0) is 18.2 Å². The van der Waals surface area contributed by atoms with E-state index >= 15 is 0 Å². The van der Waals surface area contributed by atoms with Crippen LogP contribution >= 0.6 is 0 Å². The van der Waals surface area contributed by atoms with E-state index in [9.17, 15) is 22.0 Å². The zero-order valence-electron chi connectivity index (χ0n) is 9.26. The van der Waals surface area contributed by atoms with E-state index in [1.54, 1.807) is 0 Å². The number of alkyl halides is 3. The number of halogens is 5. The lowest BCUT2D eigenvalue weighted by molar-refractivity contribution is -0.274. The minimum atomic E-state index is -4.90. The molecule has 0 aliphatic rings. The Kier molecular flexibility index (Phi) is 3.42. The molecule has 99 valence electrons. The van der Waals surface area contributed by atoms with Crippen LogP contribution in [0.5, 0.6) is 5.75 Å². The fraction of sp³-hybridized carbons (Fsp3) is 0.0769. The van der Waals surface area contributed by atoms with E-state index in [2.05, 4.69) is 10.8 Å². The molecule has 0 atom stereocenters. The van der Waals surface area contributed by atoms with Crippen LogP contribution in [-0.4, -0.2) is 6.36 Å². The molecule has 0 heterocycles. The van der Waals surface area contributed by atoms with Gasteiger partial charge in [-0.15, -0.1) is 13.2 Å². The van der Waals surface area contributed by atoms with Crippen molar-refractivity contribution in [1.29, 1.82) is 0 Å². The van der Waals surface area contributed by atoms with Gasteiger partial charge in [0.1, 0.15) is 17.4 Å². The Morgan fingerprint density at radius 1 is 1.05 bits per heavy atom. The second-order valence-corrected chi connectivity index (χ2v) is 3.58. The third-order valence-electron chi connectivity index (χ3n) is 2.24. The van der Waals surface area contributed by atoms with Crippen molar-refractivity contribution in [2.75, 3.05) is 0 Å². The van der Waals surface area contributed by atoms with Crippen LogP contribution in [0.15, 0.2) is 36.4 Å². The van der Waals surface area contributed by atoms with Gasteiger partial charge in [0, 0.05) is 17.2 Å². The fourth-order valence-corrected chi connectivity index (χ4v) is 1.54. The first-order valence-electron chi connectivity index (χ1n) is 5.09. The van der Waals surface area contributed by atoms with E-state index in [0.29, 0.717) is 6.07 Å². The molecular formula is C13H6F5O. The summed E-state index contributed by atoms with van der Waals surface area (Å²) in [6.07, 6.45) is -4.90. The highest BCUT2D eigenvalue weighted by Gasteiger charge is 2.32. The second-order valence-electron chi connectivity index (χ2n) is 3.58. The molecule has 0 saturated carbocycles. The predicted molar refractivity (Wildman–Crippen MR) is 57.3 cm³/mol. The molecule has 0 aromatic heterocycles. The number of para-hydroxylation sites is 1. The minimum absolute atomic E-state index is 0.155. The van der Waals surface area contributed by atoms with E-state index in [-0.39, 0.29) is 11.1 Å². The highest BCUT2D eigenvalue weighted by molar-refractivity contribution is 5.70. The lowest BCUT2D eigenvalue weighted by Gasteiger charge is -2.13. The quantitative estimate of drug-likeness (QED) is 0.740. The summed E-state index contributed by atoms with van der Waals surface area (Å²) >= 11 is 0. The van der Waals surface area contributed by atoms with Gasteiger partial charge in [0.05, 0.1) is 0 Å². The lowest BCUT2D eigenvalue weighted by atomic mass is 10.0. The average Bonchev–Trinajstić information content (AvgIpc) is 2.28. The zero-order valence-corrected chi connectivity index (χ0v) is 9.26. The summed E-state index contributed by atoms with van der Waals surface area (Å²) in [4.78, 5) is 0. The number of hydrogen-bond acceptors (Lipinski definition) is 1. The number of benzene rings is 2.